The van der Waals surface area contributed by atoms with Crippen LogP contribution in [-0.2, 0) is 0 Å². The maximum Gasteiger partial charge on any atom is 0.124 e. The first-order chi connectivity index (χ1) is 9.13. The largest absolute Gasteiger partial charge is 0.392 e. The van der Waals surface area contributed by atoms with Gasteiger partial charge in [0.2, 0.25) is 0 Å². The Morgan fingerprint density at radius 2 is 2.11 bits per heavy atom. The fourth-order valence-corrected chi connectivity index (χ4v) is 2.84. The zero-order chi connectivity index (χ0) is 13.4. The standard InChI is InChI=1S/C14H16BrN3O/c1-18-8-11(19)6-13(18)14-16-7-12(17-14)9-2-4-10(15)5-3-9/h2-5,7,11,13,19H,6,8H2,1H3,(H,16,17)/t11-,13+/m1/s1. The molecule has 4 nitrogen and oxygen atoms in total. The van der Waals surface area contributed by atoms with E-state index in [0.717, 1.165) is 28.0 Å². The molecule has 100 valence electrons. The van der Waals surface area contributed by atoms with Gasteiger partial charge in [-0.2, -0.15) is 0 Å². The number of halogens is 1. The first kappa shape index (κ1) is 12.8. The summed E-state index contributed by atoms with van der Waals surface area (Å²) in [6.45, 7) is 0.707. The maximum atomic E-state index is 9.70. The third kappa shape index (κ3) is 2.59. The summed E-state index contributed by atoms with van der Waals surface area (Å²) in [7, 11) is 2.02. The number of benzene rings is 1. The lowest BCUT2D eigenvalue weighted by atomic mass is 10.2. The molecule has 0 amide bonds. The smallest absolute Gasteiger partial charge is 0.124 e. The van der Waals surface area contributed by atoms with Crippen molar-refractivity contribution in [3.8, 4) is 11.3 Å². The Bertz CT molecular complexity index is 566. The number of hydrogen-bond donors (Lipinski definition) is 2. The van der Waals surface area contributed by atoms with Gasteiger partial charge in [-0.15, -0.1) is 0 Å². The summed E-state index contributed by atoms with van der Waals surface area (Å²) >= 11 is 3.43. The lowest BCUT2D eigenvalue weighted by Gasteiger charge is -2.16. The number of nitrogens with one attached hydrogen (secondary N) is 1. The zero-order valence-corrected chi connectivity index (χ0v) is 12.3. The molecule has 1 aliphatic rings. The molecule has 1 aromatic carbocycles. The summed E-state index contributed by atoms with van der Waals surface area (Å²) in [6.07, 6.45) is 2.34. The number of hydrogen-bond acceptors (Lipinski definition) is 3. The van der Waals surface area contributed by atoms with E-state index in [1.165, 1.54) is 0 Å². The molecular weight excluding hydrogens is 306 g/mol. The van der Waals surface area contributed by atoms with E-state index in [0.29, 0.717) is 6.54 Å². The summed E-state index contributed by atoms with van der Waals surface area (Å²) < 4.78 is 1.06. The molecule has 1 fully saturated rings. The number of imidazole rings is 1. The molecule has 0 unspecified atom stereocenters. The molecule has 0 radical (unpaired) electrons. The minimum atomic E-state index is -0.253. The molecule has 2 heterocycles. The Labute approximate surface area is 120 Å². The van der Waals surface area contributed by atoms with Crippen LogP contribution in [0.3, 0.4) is 0 Å². The van der Waals surface area contributed by atoms with Gasteiger partial charge in [0.05, 0.1) is 24.0 Å². The van der Waals surface area contributed by atoms with Crippen LogP contribution in [0.2, 0.25) is 0 Å². The number of aliphatic hydroxyl groups is 1. The van der Waals surface area contributed by atoms with E-state index in [-0.39, 0.29) is 12.1 Å². The number of aliphatic hydroxyl groups excluding tert-OH is 1. The van der Waals surface area contributed by atoms with Gasteiger partial charge in [0, 0.05) is 11.0 Å². The minimum Gasteiger partial charge on any atom is -0.392 e. The topological polar surface area (TPSA) is 52.1 Å². The highest BCUT2D eigenvalue weighted by molar-refractivity contribution is 9.10. The molecule has 0 aliphatic carbocycles. The molecule has 1 aromatic heterocycles. The van der Waals surface area contributed by atoms with Gasteiger partial charge in [-0.25, -0.2) is 4.98 Å². The minimum absolute atomic E-state index is 0.180. The average Bonchev–Trinajstić information content (AvgIpc) is 2.97. The van der Waals surface area contributed by atoms with Crippen molar-refractivity contribution < 1.29 is 5.11 Å². The van der Waals surface area contributed by atoms with Gasteiger partial charge in [0.25, 0.3) is 0 Å². The van der Waals surface area contributed by atoms with Crippen molar-refractivity contribution in [3.05, 3.63) is 40.8 Å². The number of aromatic nitrogens is 2. The normalized spacial score (nSPS) is 23.9. The SMILES string of the molecule is CN1C[C@H](O)C[C@H]1c1ncc(-c2ccc(Br)cc2)[nH]1. The van der Waals surface area contributed by atoms with Crippen molar-refractivity contribution in [2.24, 2.45) is 0 Å². The summed E-state index contributed by atoms with van der Waals surface area (Å²) in [5.41, 5.74) is 2.13. The van der Waals surface area contributed by atoms with Gasteiger partial charge >= 0.3 is 0 Å². The number of likely N-dealkylation sites (N-methyl/N-ethyl adjacent to an activating group) is 1. The van der Waals surface area contributed by atoms with Crippen molar-refractivity contribution >= 4 is 15.9 Å². The fraction of sp³-hybridized carbons (Fsp3) is 0.357. The van der Waals surface area contributed by atoms with Gasteiger partial charge in [-0.1, -0.05) is 28.1 Å². The van der Waals surface area contributed by atoms with Gasteiger partial charge in [0.1, 0.15) is 5.82 Å². The van der Waals surface area contributed by atoms with E-state index in [2.05, 4.69) is 42.9 Å². The van der Waals surface area contributed by atoms with Crippen LogP contribution in [0.25, 0.3) is 11.3 Å². The molecule has 19 heavy (non-hydrogen) atoms. The predicted molar refractivity (Wildman–Crippen MR) is 77.7 cm³/mol. The predicted octanol–water partition coefficient (Wildman–Crippen LogP) is 2.58. The maximum absolute atomic E-state index is 9.70. The van der Waals surface area contributed by atoms with Crippen LogP contribution in [0, 0.1) is 0 Å². The van der Waals surface area contributed by atoms with Crippen LogP contribution < -0.4 is 0 Å². The molecule has 1 saturated heterocycles. The molecule has 2 N–H and O–H groups in total. The second kappa shape index (κ2) is 5.07. The molecule has 3 rings (SSSR count). The van der Waals surface area contributed by atoms with Crippen LogP contribution in [0.15, 0.2) is 34.9 Å². The third-order valence-corrected chi connectivity index (χ3v) is 4.12. The van der Waals surface area contributed by atoms with E-state index in [1.807, 2.05) is 25.4 Å². The molecule has 0 saturated carbocycles. The highest BCUT2D eigenvalue weighted by Crippen LogP contribution is 2.30. The van der Waals surface area contributed by atoms with Crippen LogP contribution in [0.1, 0.15) is 18.3 Å². The van der Waals surface area contributed by atoms with E-state index in [9.17, 15) is 5.11 Å². The first-order valence-electron chi connectivity index (χ1n) is 6.32. The lowest BCUT2D eigenvalue weighted by Crippen LogP contribution is -2.20. The summed E-state index contributed by atoms with van der Waals surface area (Å²) in [5.74, 6) is 0.928. The zero-order valence-electron chi connectivity index (χ0n) is 10.7. The van der Waals surface area contributed by atoms with Crippen molar-refractivity contribution in [3.63, 3.8) is 0 Å². The quantitative estimate of drug-likeness (QED) is 0.893. The number of aromatic amines is 1. The van der Waals surface area contributed by atoms with Crippen molar-refractivity contribution in [1.82, 2.24) is 14.9 Å². The van der Waals surface area contributed by atoms with Crippen LogP contribution in [0.5, 0.6) is 0 Å². The molecule has 1 aliphatic heterocycles. The number of nitrogens with zero attached hydrogens (tertiary/aromatic N) is 2. The summed E-state index contributed by atoms with van der Waals surface area (Å²) in [6, 6.07) is 8.31. The van der Waals surface area contributed by atoms with E-state index in [1.54, 1.807) is 0 Å². The Hall–Kier alpha value is -1.17. The molecule has 2 aromatic rings. The molecule has 0 spiro atoms. The second-order valence-corrected chi connectivity index (χ2v) is 5.95. The Kier molecular flexibility index (Phi) is 3.43. The van der Waals surface area contributed by atoms with E-state index < -0.39 is 0 Å². The number of rotatable bonds is 2. The van der Waals surface area contributed by atoms with E-state index in [4.69, 9.17) is 0 Å². The molecular formula is C14H16BrN3O. The highest BCUT2D eigenvalue weighted by atomic mass is 79.9. The molecule has 0 bridgehead atoms. The van der Waals surface area contributed by atoms with Gasteiger partial charge in [0.15, 0.2) is 0 Å². The number of H-pyrrole nitrogens is 1. The van der Waals surface area contributed by atoms with Gasteiger partial charge in [-0.05, 0) is 31.2 Å². The van der Waals surface area contributed by atoms with Crippen molar-refractivity contribution in [1.29, 1.82) is 0 Å². The van der Waals surface area contributed by atoms with Gasteiger partial charge in [-0.3, -0.25) is 4.90 Å². The van der Waals surface area contributed by atoms with Crippen LogP contribution in [0.4, 0.5) is 0 Å². The molecule has 2 atom stereocenters. The number of likely N-dealkylation sites (tertiary alicyclic amines) is 1. The fourth-order valence-electron chi connectivity index (χ4n) is 2.57. The van der Waals surface area contributed by atoms with Crippen LogP contribution >= 0.6 is 15.9 Å². The number of β-amino-alcohol motifs (C(OH)–C–C–N with tert-alkyl or cyclic N) is 1. The Morgan fingerprint density at radius 3 is 2.74 bits per heavy atom. The van der Waals surface area contributed by atoms with E-state index >= 15 is 0 Å². The second-order valence-electron chi connectivity index (χ2n) is 5.03. The van der Waals surface area contributed by atoms with Crippen molar-refractivity contribution in [2.45, 2.75) is 18.6 Å². The lowest BCUT2D eigenvalue weighted by molar-refractivity contribution is 0.182. The van der Waals surface area contributed by atoms with Crippen molar-refractivity contribution in [2.75, 3.05) is 13.6 Å². The van der Waals surface area contributed by atoms with Gasteiger partial charge < -0.3 is 10.1 Å². The average molecular weight is 322 g/mol. The first-order valence-corrected chi connectivity index (χ1v) is 7.12. The summed E-state index contributed by atoms with van der Waals surface area (Å²) in [4.78, 5) is 9.96. The Balaban J connectivity index is 1.85. The van der Waals surface area contributed by atoms with Crippen LogP contribution in [-0.4, -0.2) is 39.7 Å². The molecule has 5 heteroatoms. The summed E-state index contributed by atoms with van der Waals surface area (Å²) in [5, 5.41) is 9.70. The Morgan fingerprint density at radius 1 is 1.37 bits per heavy atom. The highest BCUT2D eigenvalue weighted by Gasteiger charge is 2.31. The monoisotopic (exact) mass is 321 g/mol. The third-order valence-electron chi connectivity index (χ3n) is 3.59.